The van der Waals surface area contributed by atoms with Gasteiger partial charge in [-0.3, -0.25) is 14.6 Å². The number of hydrogen-bond acceptors (Lipinski definition) is 3. The number of carbonyl (C=O) groups is 1. The maximum absolute atomic E-state index is 11.9. The number of likely N-dealkylation sites (tertiary alicyclic amines) is 1. The molecule has 1 fully saturated rings. The second kappa shape index (κ2) is 3.99. The average molecular weight is 296 g/mol. The summed E-state index contributed by atoms with van der Waals surface area (Å²) < 4.78 is 2.83. The minimum atomic E-state index is -0.00929. The van der Waals surface area contributed by atoms with Gasteiger partial charge in [-0.2, -0.15) is 10.2 Å². The van der Waals surface area contributed by atoms with Crippen molar-refractivity contribution >= 4 is 21.8 Å². The third-order valence-electron chi connectivity index (χ3n) is 2.82. The number of carbonyl (C=O) groups excluding carboxylic acids is 1. The van der Waals surface area contributed by atoms with Crippen molar-refractivity contribution in [3.63, 3.8) is 0 Å². The minimum absolute atomic E-state index is 0.00929. The molecule has 0 aliphatic carbocycles. The van der Waals surface area contributed by atoms with Gasteiger partial charge in [0.05, 0.1) is 16.7 Å². The van der Waals surface area contributed by atoms with Crippen LogP contribution >= 0.6 is 15.9 Å². The van der Waals surface area contributed by atoms with Gasteiger partial charge in [0, 0.05) is 25.5 Å². The predicted octanol–water partition coefficient (Wildman–Crippen LogP) is 1.07. The van der Waals surface area contributed by atoms with Crippen LogP contribution in [0.2, 0.25) is 0 Å². The minimum Gasteiger partial charge on any atom is -0.333 e. The SMILES string of the molecule is O=C(c1ccn[nH]1)N1CC(n2cc(Br)cn2)C1. The monoisotopic (exact) mass is 295 g/mol. The first-order chi connectivity index (χ1) is 8.24. The summed E-state index contributed by atoms with van der Waals surface area (Å²) in [6, 6.07) is 1.95. The standard InChI is InChI=1S/C10H10BrN5O/c11-7-3-13-16(4-7)8-5-15(6-8)10(17)9-1-2-12-14-9/h1-4,8H,5-6H2,(H,12,14). The average Bonchev–Trinajstić information content (AvgIpc) is 2.86. The number of rotatable bonds is 2. The maximum atomic E-state index is 11.9. The molecule has 88 valence electrons. The van der Waals surface area contributed by atoms with Crippen molar-refractivity contribution in [2.45, 2.75) is 6.04 Å². The second-order valence-electron chi connectivity index (χ2n) is 3.97. The van der Waals surface area contributed by atoms with Crippen LogP contribution in [-0.4, -0.2) is 43.9 Å². The van der Waals surface area contributed by atoms with Crippen molar-refractivity contribution < 1.29 is 4.79 Å². The Kier molecular flexibility index (Phi) is 2.47. The van der Waals surface area contributed by atoms with Crippen LogP contribution in [0.3, 0.4) is 0 Å². The topological polar surface area (TPSA) is 66.8 Å². The number of H-pyrrole nitrogens is 1. The van der Waals surface area contributed by atoms with Crippen molar-refractivity contribution in [1.82, 2.24) is 24.9 Å². The summed E-state index contributed by atoms with van der Waals surface area (Å²) in [5.74, 6) is -0.00929. The molecule has 2 aromatic rings. The largest absolute Gasteiger partial charge is 0.333 e. The summed E-state index contributed by atoms with van der Waals surface area (Å²) >= 11 is 3.35. The maximum Gasteiger partial charge on any atom is 0.272 e. The molecule has 2 aromatic heterocycles. The van der Waals surface area contributed by atoms with Crippen LogP contribution in [0.15, 0.2) is 29.1 Å². The lowest BCUT2D eigenvalue weighted by Crippen LogP contribution is -2.50. The molecule has 1 aliphatic heterocycles. The fraction of sp³-hybridized carbons (Fsp3) is 0.300. The van der Waals surface area contributed by atoms with Gasteiger partial charge in [0.1, 0.15) is 5.69 Å². The quantitative estimate of drug-likeness (QED) is 0.901. The van der Waals surface area contributed by atoms with Crippen LogP contribution in [0.4, 0.5) is 0 Å². The highest BCUT2D eigenvalue weighted by molar-refractivity contribution is 9.10. The molecule has 1 aliphatic rings. The van der Waals surface area contributed by atoms with Gasteiger partial charge in [0.25, 0.3) is 5.91 Å². The van der Waals surface area contributed by atoms with E-state index in [0.717, 1.165) is 4.47 Å². The zero-order chi connectivity index (χ0) is 11.8. The summed E-state index contributed by atoms with van der Waals surface area (Å²) in [6.45, 7) is 1.37. The molecule has 17 heavy (non-hydrogen) atoms. The summed E-state index contributed by atoms with van der Waals surface area (Å²) in [5, 5.41) is 10.6. The fourth-order valence-electron chi connectivity index (χ4n) is 1.85. The van der Waals surface area contributed by atoms with Crippen molar-refractivity contribution in [3.8, 4) is 0 Å². The molecule has 1 saturated heterocycles. The molecule has 6 nitrogen and oxygen atoms in total. The molecule has 1 amide bonds. The van der Waals surface area contributed by atoms with Crippen molar-refractivity contribution in [1.29, 1.82) is 0 Å². The molecule has 1 N–H and O–H groups in total. The smallest absolute Gasteiger partial charge is 0.272 e. The predicted molar refractivity (Wildman–Crippen MR) is 63.5 cm³/mol. The first-order valence-electron chi connectivity index (χ1n) is 5.22. The van der Waals surface area contributed by atoms with E-state index in [2.05, 4.69) is 31.2 Å². The van der Waals surface area contributed by atoms with Crippen molar-refractivity contribution in [2.24, 2.45) is 0 Å². The Balaban J connectivity index is 1.63. The van der Waals surface area contributed by atoms with Crippen molar-refractivity contribution in [3.05, 3.63) is 34.8 Å². The van der Waals surface area contributed by atoms with E-state index in [0.29, 0.717) is 18.8 Å². The Morgan fingerprint density at radius 2 is 2.35 bits per heavy atom. The number of hydrogen-bond donors (Lipinski definition) is 1. The van der Waals surface area contributed by atoms with E-state index in [9.17, 15) is 4.79 Å². The molecule has 0 saturated carbocycles. The number of aromatic amines is 1. The van der Waals surface area contributed by atoms with Crippen molar-refractivity contribution in [2.75, 3.05) is 13.1 Å². The zero-order valence-electron chi connectivity index (χ0n) is 8.88. The Morgan fingerprint density at radius 3 is 2.94 bits per heavy atom. The molecular formula is C10H10BrN5O. The molecular weight excluding hydrogens is 286 g/mol. The number of amides is 1. The lowest BCUT2D eigenvalue weighted by atomic mass is 10.1. The Hall–Kier alpha value is -1.63. The molecule has 0 atom stereocenters. The lowest BCUT2D eigenvalue weighted by Gasteiger charge is -2.38. The molecule has 3 heterocycles. The first-order valence-corrected chi connectivity index (χ1v) is 6.01. The highest BCUT2D eigenvalue weighted by atomic mass is 79.9. The van der Waals surface area contributed by atoms with E-state index >= 15 is 0 Å². The number of nitrogens with zero attached hydrogens (tertiary/aromatic N) is 4. The molecule has 3 rings (SSSR count). The van der Waals surface area contributed by atoms with Crippen LogP contribution in [0.5, 0.6) is 0 Å². The Morgan fingerprint density at radius 1 is 1.53 bits per heavy atom. The van der Waals surface area contributed by atoms with Crippen LogP contribution in [-0.2, 0) is 0 Å². The van der Waals surface area contributed by atoms with Gasteiger partial charge in [0.15, 0.2) is 0 Å². The molecule has 0 aromatic carbocycles. The van der Waals surface area contributed by atoms with Gasteiger partial charge < -0.3 is 4.90 Å². The van der Waals surface area contributed by atoms with E-state index in [4.69, 9.17) is 0 Å². The van der Waals surface area contributed by atoms with Gasteiger partial charge in [-0.15, -0.1) is 0 Å². The summed E-state index contributed by atoms with van der Waals surface area (Å²) in [6.07, 6.45) is 5.25. The number of nitrogens with one attached hydrogen (secondary N) is 1. The molecule has 0 radical (unpaired) electrons. The van der Waals surface area contributed by atoms with Crippen LogP contribution in [0, 0.1) is 0 Å². The Bertz CT molecular complexity index is 529. The van der Waals surface area contributed by atoms with Gasteiger partial charge in [-0.05, 0) is 22.0 Å². The summed E-state index contributed by atoms with van der Waals surface area (Å²) in [5.41, 5.74) is 0.532. The van der Waals surface area contributed by atoms with Gasteiger partial charge in [-0.25, -0.2) is 0 Å². The van der Waals surface area contributed by atoms with Gasteiger partial charge >= 0.3 is 0 Å². The third-order valence-corrected chi connectivity index (χ3v) is 3.23. The van der Waals surface area contributed by atoms with Crippen LogP contribution < -0.4 is 0 Å². The van der Waals surface area contributed by atoms with E-state index < -0.39 is 0 Å². The number of aromatic nitrogens is 4. The fourth-order valence-corrected chi connectivity index (χ4v) is 2.15. The Labute approximate surface area is 106 Å². The highest BCUT2D eigenvalue weighted by Crippen LogP contribution is 2.23. The molecule has 0 spiro atoms. The summed E-state index contributed by atoms with van der Waals surface area (Å²) in [7, 11) is 0. The molecule has 0 unspecified atom stereocenters. The van der Waals surface area contributed by atoms with E-state index in [1.165, 1.54) is 0 Å². The van der Waals surface area contributed by atoms with Gasteiger partial charge in [0.2, 0.25) is 0 Å². The second-order valence-corrected chi connectivity index (χ2v) is 4.89. The molecule has 7 heteroatoms. The number of halogens is 1. The molecule has 0 bridgehead atoms. The normalized spacial score (nSPS) is 15.9. The van der Waals surface area contributed by atoms with Crippen LogP contribution in [0.1, 0.15) is 16.5 Å². The first kappa shape index (κ1) is 10.5. The third kappa shape index (κ3) is 1.86. The van der Waals surface area contributed by atoms with E-state index in [-0.39, 0.29) is 11.9 Å². The summed E-state index contributed by atoms with van der Waals surface area (Å²) in [4.78, 5) is 13.7. The zero-order valence-corrected chi connectivity index (χ0v) is 10.5. The van der Waals surface area contributed by atoms with E-state index in [1.807, 2.05) is 10.9 Å². The van der Waals surface area contributed by atoms with E-state index in [1.54, 1.807) is 23.4 Å². The highest BCUT2D eigenvalue weighted by Gasteiger charge is 2.33. The van der Waals surface area contributed by atoms with Gasteiger partial charge in [-0.1, -0.05) is 0 Å². The lowest BCUT2D eigenvalue weighted by molar-refractivity contribution is 0.0495. The van der Waals surface area contributed by atoms with Crippen LogP contribution in [0.25, 0.3) is 0 Å².